The predicted octanol–water partition coefficient (Wildman–Crippen LogP) is 6.50. The minimum Gasteiger partial charge on any atom is -0.487 e. The van der Waals surface area contributed by atoms with Crippen LogP contribution in [0.1, 0.15) is 16.7 Å². The number of hydrogen-bond donors (Lipinski definition) is 1. The Labute approximate surface area is 177 Å². The van der Waals surface area contributed by atoms with Crippen molar-refractivity contribution in [2.24, 2.45) is 0 Å². The number of benzene rings is 3. The van der Waals surface area contributed by atoms with Crippen LogP contribution < -0.4 is 10.1 Å². The summed E-state index contributed by atoms with van der Waals surface area (Å²) in [4.78, 5) is 0. The maximum atomic E-state index is 5.97. The van der Waals surface area contributed by atoms with Crippen molar-refractivity contribution in [2.45, 2.75) is 19.7 Å². The topological polar surface area (TPSA) is 21.3 Å². The first-order chi connectivity index (χ1) is 12.2. The molecule has 0 spiro atoms. The van der Waals surface area contributed by atoms with Gasteiger partial charge in [-0.05, 0) is 60.7 Å². The molecule has 2 nitrogen and oxygen atoms in total. The number of halogens is 3. The second kappa shape index (κ2) is 10.7. The van der Waals surface area contributed by atoms with Crippen LogP contribution in [0.25, 0.3) is 0 Å². The number of hydrogen-bond acceptors (Lipinski definition) is 2. The van der Waals surface area contributed by atoms with E-state index in [2.05, 4.69) is 85.7 Å². The molecule has 0 atom stereocenters. The molecule has 0 saturated carbocycles. The van der Waals surface area contributed by atoms with Gasteiger partial charge in [-0.2, -0.15) is 0 Å². The summed E-state index contributed by atoms with van der Waals surface area (Å²) in [6, 6.07) is 24.8. The molecular weight excluding hydrogens is 477 g/mol. The Morgan fingerprint density at radius 2 is 1.19 bits per heavy atom. The molecule has 0 amide bonds. The van der Waals surface area contributed by atoms with Crippen molar-refractivity contribution in [1.29, 1.82) is 0 Å². The van der Waals surface area contributed by atoms with E-state index in [1.165, 1.54) is 11.1 Å². The molecule has 0 saturated heterocycles. The largest absolute Gasteiger partial charge is 0.487 e. The van der Waals surface area contributed by atoms with Crippen LogP contribution in [0.5, 0.6) is 5.75 Å². The van der Waals surface area contributed by atoms with Gasteiger partial charge in [0.1, 0.15) is 12.4 Å². The van der Waals surface area contributed by atoms with Crippen molar-refractivity contribution in [2.75, 3.05) is 0 Å². The average Bonchev–Trinajstić information content (AvgIpc) is 2.63. The quantitative estimate of drug-likeness (QED) is 0.402. The lowest BCUT2D eigenvalue weighted by Crippen LogP contribution is -2.12. The molecule has 0 fully saturated rings. The van der Waals surface area contributed by atoms with E-state index in [0.717, 1.165) is 33.3 Å². The van der Waals surface area contributed by atoms with Gasteiger partial charge in [0, 0.05) is 13.1 Å². The van der Waals surface area contributed by atoms with Gasteiger partial charge in [0.15, 0.2) is 0 Å². The summed E-state index contributed by atoms with van der Waals surface area (Å²) in [7, 11) is 0. The lowest BCUT2D eigenvalue weighted by Gasteiger charge is -2.13. The first kappa shape index (κ1) is 21.0. The Morgan fingerprint density at radius 3 is 1.77 bits per heavy atom. The molecule has 3 aromatic carbocycles. The molecule has 136 valence electrons. The predicted molar refractivity (Wildman–Crippen MR) is 117 cm³/mol. The highest BCUT2D eigenvalue weighted by atomic mass is 79.9. The number of nitrogens with one attached hydrogen (secondary N) is 1. The molecule has 1 N–H and O–H groups in total. The molecule has 0 aromatic heterocycles. The highest BCUT2D eigenvalue weighted by Gasteiger charge is 2.09. The average molecular weight is 498 g/mol. The Hall–Kier alpha value is -1.33. The second-order valence-corrected chi connectivity index (χ2v) is 7.46. The van der Waals surface area contributed by atoms with Gasteiger partial charge in [-0.25, -0.2) is 0 Å². The fourth-order valence-electron chi connectivity index (χ4n) is 2.53. The number of ether oxygens (including phenoxy) is 1. The Kier molecular flexibility index (Phi) is 8.66. The molecule has 0 bridgehead atoms. The zero-order chi connectivity index (χ0) is 17.5. The zero-order valence-electron chi connectivity index (χ0n) is 14.1. The van der Waals surface area contributed by atoms with Crippen molar-refractivity contribution >= 4 is 44.3 Å². The van der Waals surface area contributed by atoms with Gasteiger partial charge >= 0.3 is 0 Å². The first-order valence-corrected chi connectivity index (χ1v) is 9.70. The zero-order valence-corrected chi connectivity index (χ0v) is 18.1. The maximum absolute atomic E-state index is 5.97. The molecule has 5 heteroatoms. The third-order valence-electron chi connectivity index (χ3n) is 3.79. The lowest BCUT2D eigenvalue weighted by atomic mass is 10.2. The van der Waals surface area contributed by atoms with Crippen molar-refractivity contribution < 1.29 is 4.74 Å². The van der Waals surface area contributed by atoms with Crippen LogP contribution in [0.2, 0.25) is 0 Å². The van der Waals surface area contributed by atoms with Crippen molar-refractivity contribution in [1.82, 2.24) is 5.32 Å². The first-order valence-electron chi connectivity index (χ1n) is 8.11. The van der Waals surface area contributed by atoms with Gasteiger partial charge in [0.2, 0.25) is 0 Å². The molecule has 0 aliphatic heterocycles. The summed E-state index contributed by atoms with van der Waals surface area (Å²) < 4.78 is 7.87. The summed E-state index contributed by atoms with van der Waals surface area (Å²) in [5.74, 6) is 0.829. The van der Waals surface area contributed by atoms with Crippen LogP contribution in [0, 0.1) is 0 Å². The van der Waals surface area contributed by atoms with Crippen LogP contribution in [0.15, 0.2) is 81.7 Å². The summed E-state index contributed by atoms with van der Waals surface area (Å²) in [6.45, 7) is 2.19. The standard InChI is InChI=1S/C21H19Br2NO.ClH/c22-19-11-18(14-24-13-16-7-3-1-4-8-16)12-20(23)21(19)25-15-17-9-5-2-6-10-17;/h1-12,24H,13-15H2;1H. The fraction of sp³-hybridized carbons (Fsp3) is 0.143. The Bertz CT molecular complexity index is 790. The molecule has 0 aliphatic rings. The van der Waals surface area contributed by atoms with Crippen LogP contribution in [-0.2, 0) is 19.7 Å². The normalized spacial score (nSPS) is 10.2. The minimum atomic E-state index is 0. The van der Waals surface area contributed by atoms with Gasteiger partial charge in [-0.3, -0.25) is 0 Å². The van der Waals surface area contributed by atoms with Crippen molar-refractivity contribution in [3.63, 3.8) is 0 Å². The Morgan fingerprint density at radius 1 is 0.692 bits per heavy atom. The summed E-state index contributed by atoms with van der Waals surface area (Å²) in [6.07, 6.45) is 0. The molecule has 0 aliphatic carbocycles. The van der Waals surface area contributed by atoms with E-state index in [9.17, 15) is 0 Å². The maximum Gasteiger partial charge on any atom is 0.148 e. The summed E-state index contributed by atoms with van der Waals surface area (Å²) in [5.41, 5.74) is 3.63. The fourth-order valence-corrected chi connectivity index (χ4v) is 4.04. The second-order valence-electron chi connectivity index (χ2n) is 5.75. The van der Waals surface area contributed by atoms with E-state index in [4.69, 9.17) is 4.74 Å². The third kappa shape index (κ3) is 6.13. The summed E-state index contributed by atoms with van der Waals surface area (Å²) >= 11 is 7.25. The van der Waals surface area contributed by atoms with Crippen molar-refractivity contribution in [3.05, 3.63) is 98.4 Å². The van der Waals surface area contributed by atoms with Gasteiger partial charge < -0.3 is 10.1 Å². The smallest absolute Gasteiger partial charge is 0.148 e. The van der Waals surface area contributed by atoms with Crippen LogP contribution in [0.4, 0.5) is 0 Å². The van der Waals surface area contributed by atoms with E-state index in [1.54, 1.807) is 0 Å². The van der Waals surface area contributed by atoms with E-state index >= 15 is 0 Å². The monoisotopic (exact) mass is 495 g/mol. The molecule has 26 heavy (non-hydrogen) atoms. The lowest BCUT2D eigenvalue weighted by molar-refractivity contribution is 0.302. The van der Waals surface area contributed by atoms with Crippen LogP contribution in [-0.4, -0.2) is 0 Å². The van der Waals surface area contributed by atoms with Gasteiger partial charge in [0.05, 0.1) is 8.95 Å². The van der Waals surface area contributed by atoms with Gasteiger partial charge in [-0.15, -0.1) is 12.4 Å². The molecule has 3 aromatic rings. The summed E-state index contributed by atoms with van der Waals surface area (Å²) in [5, 5.41) is 3.47. The Balaban J connectivity index is 0.00000243. The molecular formula is C21H20Br2ClNO. The van der Waals surface area contributed by atoms with E-state index in [1.807, 2.05) is 24.3 Å². The molecule has 3 rings (SSSR count). The van der Waals surface area contributed by atoms with E-state index in [-0.39, 0.29) is 12.4 Å². The molecule has 0 radical (unpaired) electrons. The number of rotatable bonds is 7. The minimum absolute atomic E-state index is 0. The highest BCUT2D eigenvalue weighted by molar-refractivity contribution is 9.11. The van der Waals surface area contributed by atoms with Gasteiger partial charge in [0.25, 0.3) is 0 Å². The van der Waals surface area contributed by atoms with E-state index < -0.39 is 0 Å². The SMILES string of the molecule is Brc1cc(CNCc2ccccc2)cc(Br)c1OCc1ccccc1.Cl. The van der Waals surface area contributed by atoms with E-state index in [0.29, 0.717) is 6.61 Å². The van der Waals surface area contributed by atoms with Crippen molar-refractivity contribution in [3.8, 4) is 5.75 Å². The highest BCUT2D eigenvalue weighted by Crippen LogP contribution is 2.35. The van der Waals surface area contributed by atoms with Crippen LogP contribution >= 0.6 is 44.3 Å². The van der Waals surface area contributed by atoms with Crippen LogP contribution in [0.3, 0.4) is 0 Å². The third-order valence-corrected chi connectivity index (χ3v) is 4.96. The van der Waals surface area contributed by atoms with Gasteiger partial charge in [-0.1, -0.05) is 60.7 Å². The molecule has 0 heterocycles. The molecule has 0 unspecified atom stereocenters.